The maximum atomic E-state index is 12.2. The van der Waals surface area contributed by atoms with E-state index in [1.165, 1.54) is 5.56 Å². The lowest BCUT2D eigenvalue weighted by Gasteiger charge is -2.27. The summed E-state index contributed by atoms with van der Waals surface area (Å²) in [5.41, 5.74) is 0.696. The third-order valence-corrected chi connectivity index (χ3v) is 4.40. The van der Waals surface area contributed by atoms with Crippen LogP contribution in [0, 0.1) is 0 Å². The first-order valence-electron chi connectivity index (χ1n) is 8.81. The average molecular weight is 434 g/mol. The van der Waals surface area contributed by atoms with Crippen LogP contribution in [0.5, 0.6) is 0 Å². The number of anilines is 1. The van der Waals surface area contributed by atoms with E-state index in [-0.39, 0.29) is 6.17 Å². The van der Waals surface area contributed by atoms with Crippen LogP contribution in [-0.4, -0.2) is 34.2 Å². The van der Waals surface area contributed by atoms with Gasteiger partial charge in [0.1, 0.15) is 23.4 Å². The summed E-state index contributed by atoms with van der Waals surface area (Å²) in [6.07, 6.45) is 3.79. The maximum Gasteiger partial charge on any atom is 0.413 e. The van der Waals surface area contributed by atoms with E-state index in [0.717, 1.165) is 23.3 Å². The van der Waals surface area contributed by atoms with Crippen LogP contribution >= 0.6 is 15.9 Å². The number of nitrogens with zero attached hydrogens (tertiary/aromatic N) is 2. The van der Waals surface area contributed by atoms with Gasteiger partial charge in [-0.1, -0.05) is 30.3 Å². The van der Waals surface area contributed by atoms with Crippen LogP contribution in [0.25, 0.3) is 5.82 Å². The fraction of sp³-hybridized carbons (Fsp3) is 0.368. The number of hydrogen-bond donors (Lipinski definition) is 3. The van der Waals surface area contributed by atoms with Gasteiger partial charge in [-0.15, -0.1) is 0 Å². The molecule has 2 heterocycles. The number of aromatic nitrogens is 2. The molecule has 1 aliphatic heterocycles. The zero-order valence-electron chi connectivity index (χ0n) is 15.6. The molecular formula is C19H24BrN5O2. The highest BCUT2D eigenvalue weighted by molar-refractivity contribution is 9.10. The van der Waals surface area contributed by atoms with E-state index in [1.54, 1.807) is 10.9 Å². The SMILES string of the molecule is CC(C)(C)OC(=O)NC1=CC(NCCc2ccccc2)Nc2c(Br)cnn21. The average Bonchev–Trinajstić information content (AvgIpc) is 2.96. The molecule has 0 aliphatic carbocycles. The summed E-state index contributed by atoms with van der Waals surface area (Å²) in [7, 11) is 0. The highest BCUT2D eigenvalue weighted by atomic mass is 79.9. The molecule has 0 bridgehead atoms. The quantitative estimate of drug-likeness (QED) is 0.671. The van der Waals surface area contributed by atoms with Crippen LogP contribution in [-0.2, 0) is 11.2 Å². The van der Waals surface area contributed by atoms with Gasteiger partial charge in [-0.05, 0) is 54.8 Å². The lowest BCUT2D eigenvalue weighted by atomic mass is 10.1. The summed E-state index contributed by atoms with van der Waals surface area (Å²) in [6.45, 7) is 6.26. The normalized spacial score (nSPS) is 16.1. The van der Waals surface area contributed by atoms with Crippen LogP contribution in [0.3, 0.4) is 0 Å². The summed E-state index contributed by atoms with van der Waals surface area (Å²) < 4.78 is 7.79. The molecule has 1 aromatic heterocycles. The number of halogens is 1. The predicted octanol–water partition coefficient (Wildman–Crippen LogP) is 3.55. The van der Waals surface area contributed by atoms with Crippen molar-refractivity contribution in [1.82, 2.24) is 20.4 Å². The molecule has 1 aromatic carbocycles. The number of nitrogens with one attached hydrogen (secondary N) is 3. The van der Waals surface area contributed by atoms with Crippen molar-refractivity contribution in [2.75, 3.05) is 11.9 Å². The van der Waals surface area contributed by atoms with Crippen molar-refractivity contribution < 1.29 is 9.53 Å². The van der Waals surface area contributed by atoms with Crippen LogP contribution in [0.4, 0.5) is 10.6 Å². The molecule has 8 heteroatoms. The van der Waals surface area contributed by atoms with Crippen molar-refractivity contribution in [3.05, 3.63) is 52.6 Å². The van der Waals surface area contributed by atoms with Crippen molar-refractivity contribution in [2.24, 2.45) is 0 Å². The molecule has 0 saturated heterocycles. The molecule has 1 atom stereocenters. The molecule has 7 nitrogen and oxygen atoms in total. The van der Waals surface area contributed by atoms with Gasteiger partial charge in [-0.25, -0.2) is 9.48 Å². The molecule has 144 valence electrons. The number of fused-ring (bicyclic) bond motifs is 1. The highest BCUT2D eigenvalue weighted by Gasteiger charge is 2.24. The molecule has 27 heavy (non-hydrogen) atoms. The molecule has 0 spiro atoms. The number of rotatable bonds is 5. The minimum absolute atomic E-state index is 0.154. The fourth-order valence-electron chi connectivity index (χ4n) is 2.69. The van der Waals surface area contributed by atoms with Crippen molar-refractivity contribution in [3.63, 3.8) is 0 Å². The Kier molecular flexibility index (Phi) is 5.86. The van der Waals surface area contributed by atoms with Crippen LogP contribution in [0.1, 0.15) is 26.3 Å². The van der Waals surface area contributed by atoms with Crippen molar-refractivity contribution in [1.29, 1.82) is 0 Å². The zero-order chi connectivity index (χ0) is 19.4. The number of ether oxygens (including phenoxy) is 1. The Morgan fingerprint density at radius 2 is 2.07 bits per heavy atom. The smallest absolute Gasteiger partial charge is 0.413 e. The summed E-state index contributed by atoms with van der Waals surface area (Å²) in [5.74, 6) is 1.31. The van der Waals surface area contributed by atoms with Crippen LogP contribution in [0.15, 0.2) is 47.1 Å². The van der Waals surface area contributed by atoms with E-state index in [9.17, 15) is 4.79 Å². The molecule has 3 rings (SSSR count). The number of hydrogen-bond acceptors (Lipinski definition) is 5. The molecule has 1 unspecified atom stereocenters. The van der Waals surface area contributed by atoms with Gasteiger partial charge in [0.2, 0.25) is 0 Å². The molecule has 0 fully saturated rings. The minimum atomic E-state index is -0.571. The van der Waals surface area contributed by atoms with Crippen molar-refractivity contribution in [2.45, 2.75) is 39.0 Å². The van der Waals surface area contributed by atoms with E-state index in [4.69, 9.17) is 4.74 Å². The Morgan fingerprint density at radius 1 is 1.33 bits per heavy atom. The molecule has 2 aromatic rings. The van der Waals surface area contributed by atoms with Gasteiger partial charge in [-0.3, -0.25) is 10.6 Å². The van der Waals surface area contributed by atoms with E-state index in [0.29, 0.717) is 5.82 Å². The molecule has 0 saturated carbocycles. The summed E-state index contributed by atoms with van der Waals surface area (Å²) >= 11 is 3.48. The second kappa shape index (κ2) is 8.14. The van der Waals surface area contributed by atoms with Crippen LogP contribution < -0.4 is 16.0 Å². The van der Waals surface area contributed by atoms with Gasteiger partial charge in [0, 0.05) is 6.54 Å². The summed E-state index contributed by atoms with van der Waals surface area (Å²) in [6, 6.07) is 10.3. The predicted molar refractivity (Wildman–Crippen MR) is 109 cm³/mol. The Morgan fingerprint density at radius 3 is 2.78 bits per heavy atom. The highest BCUT2D eigenvalue weighted by Crippen LogP contribution is 2.27. The Balaban J connectivity index is 1.68. The topological polar surface area (TPSA) is 80.2 Å². The first-order chi connectivity index (χ1) is 12.8. The van der Waals surface area contributed by atoms with E-state index in [1.807, 2.05) is 45.0 Å². The number of alkyl carbamates (subject to hydrolysis) is 1. The Bertz CT molecular complexity index is 826. The Labute approximate surface area is 167 Å². The third kappa shape index (κ3) is 5.33. The van der Waals surface area contributed by atoms with Gasteiger partial charge in [0.15, 0.2) is 0 Å². The zero-order valence-corrected chi connectivity index (χ0v) is 17.2. The fourth-order valence-corrected chi connectivity index (χ4v) is 3.06. The van der Waals surface area contributed by atoms with Crippen molar-refractivity contribution in [3.8, 4) is 0 Å². The first-order valence-corrected chi connectivity index (χ1v) is 9.61. The van der Waals surface area contributed by atoms with Crippen LogP contribution in [0.2, 0.25) is 0 Å². The lowest BCUT2D eigenvalue weighted by Crippen LogP contribution is -2.42. The number of benzene rings is 1. The van der Waals surface area contributed by atoms with Gasteiger partial charge in [-0.2, -0.15) is 5.10 Å². The van der Waals surface area contributed by atoms with E-state index in [2.05, 4.69) is 49.1 Å². The largest absolute Gasteiger partial charge is 0.444 e. The van der Waals surface area contributed by atoms with Gasteiger partial charge in [0.25, 0.3) is 0 Å². The molecule has 0 radical (unpaired) electrons. The Hall–Kier alpha value is -2.32. The monoisotopic (exact) mass is 433 g/mol. The van der Waals surface area contributed by atoms with Gasteiger partial charge >= 0.3 is 6.09 Å². The standard InChI is InChI=1S/C19H24BrN5O2/c1-19(2,3)27-18(26)24-16-11-15(23-17-14(20)12-22-25(16)17)21-10-9-13-7-5-4-6-8-13/h4-8,11-12,15,21,23H,9-10H2,1-3H3,(H,24,26). The second-order valence-electron chi connectivity index (χ2n) is 7.24. The molecule has 1 aliphatic rings. The third-order valence-electron chi connectivity index (χ3n) is 3.82. The summed E-state index contributed by atoms with van der Waals surface area (Å²) in [5, 5.41) is 13.9. The summed E-state index contributed by atoms with van der Waals surface area (Å²) in [4.78, 5) is 12.2. The van der Waals surface area contributed by atoms with Gasteiger partial charge < -0.3 is 10.1 Å². The molecular weight excluding hydrogens is 410 g/mol. The number of amides is 1. The van der Waals surface area contributed by atoms with Crippen molar-refractivity contribution >= 4 is 33.7 Å². The lowest BCUT2D eigenvalue weighted by molar-refractivity contribution is 0.0554. The molecule has 3 N–H and O–H groups in total. The van der Waals surface area contributed by atoms with Gasteiger partial charge in [0.05, 0.1) is 10.7 Å². The first kappa shape index (κ1) is 19.4. The van der Waals surface area contributed by atoms with E-state index < -0.39 is 11.7 Å². The maximum absolute atomic E-state index is 12.2. The second-order valence-corrected chi connectivity index (χ2v) is 8.10. The number of carbonyl (C=O) groups excluding carboxylic acids is 1. The number of carbonyl (C=O) groups is 1. The molecule has 1 amide bonds. The van der Waals surface area contributed by atoms with E-state index >= 15 is 0 Å². The minimum Gasteiger partial charge on any atom is -0.444 e.